The van der Waals surface area contributed by atoms with Gasteiger partial charge < -0.3 is 19.9 Å². The third-order valence-corrected chi connectivity index (χ3v) is 3.23. The van der Waals surface area contributed by atoms with Crippen LogP contribution in [0.4, 0.5) is 0 Å². The summed E-state index contributed by atoms with van der Waals surface area (Å²) in [5, 5.41) is 13.4. The number of ether oxygens (including phenoxy) is 2. The second-order valence-corrected chi connectivity index (χ2v) is 4.62. The van der Waals surface area contributed by atoms with E-state index in [1.807, 2.05) is 0 Å². The fourth-order valence-electron chi connectivity index (χ4n) is 2.19. The number of aliphatic hydroxyl groups is 1. The van der Waals surface area contributed by atoms with Crippen LogP contribution >= 0.6 is 0 Å². The van der Waals surface area contributed by atoms with E-state index in [1.54, 1.807) is 0 Å². The first kappa shape index (κ1) is 11.3. The zero-order chi connectivity index (χ0) is 10.6. The minimum absolute atomic E-state index is 0.260. The normalized spacial score (nSPS) is 30.6. The molecule has 0 radical (unpaired) electrons. The van der Waals surface area contributed by atoms with Gasteiger partial charge in [-0.25, -0.2) is 0 Å². The van der Waals surface area contributed by atoms with Crippen molar-refractivity contribution in [2.24, 2.45) is 0 Å². The Hall–Kier alpha value is -0.160. The van der Waals surface area contributed by atoms with Crippen molar-refractivity contribution >= 4 is 0 Å². The maximum atomic E-state index is 10.1. The highest BCUT2D eigenvalue weighted by Gasteiger charge is 2.29. The molecule has 0 spiro atoms. The van der Waals surface area contributed by atoms with Crippen molar-refractivity contribution in [3.63, 3.8) is 0 Å². The van der Waals surface area contributed by atoms with Gasteiger partial charge in [-0.15, -0.1) is 0 Å². The Morgan fingerprint density at radius 3 is 2.87 bits per heavy atom. The molecule has 1 atom stereocenters. The quantitative estimate of drug-likeness (QED) is 0.708. The van der Waals surface area contributed by atoms with Crippen molar-refractivity contribution in [2.75, 3.05) is 32.9 Å². The molecule has 0 aromatic heterocycles. The standard InChI is InChI=1S/C11H21NO3/c13-11(3-5-12-6-4-11)9-14-8-10-2-1-7-15-10/h10,12-13H,1-9H2. The monoisotopic (exact) mass is 215 g/mol. The van der Waals surface area contributed by atoms with E-state index >= 15 is 0 Å². The highest BCUT2D eigenvalue weighted by molar-refractivity contribution is 4.84. The number of hydrogen-bond donors (Lipinski definition) is 2. The zero-order valence-corrected chi connectivity index (χ0v) is 9.21. The highest BCUT2D eigenvalue weighted by atomic mass is 16.5. The van der Waals surface area contributed by atoms with Crippen LogP contribution in [0.5, 0.6) is 0 Å². The Bertz CT molecular complexity index is 186. The molecule has 0 amide bonds. The van der Waals surface area contributed by atoms with Crippen molar-refractivity contribution in [2.45, 2.75) is 37.4 Å². The van der Waals surface area contributed by atoms with Gasteiger partial charge in [0.15, 0.2) is 0 Å². The lowest BCUT2D eigenvalue weighted by Crippen LogP contribution is -2.45. The van der Waals surface area contributed by atoms with Gasteiger partial charge in [0.1, 0.15) is 0 Å². The largest absolute Gasteiger partial charge is 0.387 e. The molecule has 2 N–H and O–H groups in total. The summed E-state index contributed by atoms with van der Waals surface area (Å²) in [7, 11) is 0. The van der Waals surface area contributed by atoms with E-state index in [4.69, 9.17) is 9.47 Å². The van der Waals surface area contributed by atoms with Crippen molar-refractivity contribution in [1.82, 2.24) is 5.32 Å². The van der Waals surface area contributed by atoms with Gasteiger partial charge in [0.05, 0.1) is 24.9 Å². The van der Waals surface area contributed by atoms with E-state index in [2.05, 4.69) is 5.32 Å². The maximum absolute atomic E-state index is 10.1. The van der Waals surface area contributed by atoms with Crippen molar-refractivity contribution in [1.29, 1.82) is 0 Å². The summed E-state index contributed by atoms with van der Waals surface area (Å²) in [4.78, 5) is 0. The van der Waals surface area contributed by atoms with Crippen molar-refractivity contribution in [3.05, 3.63) is 0 Å². The highest BCUT2D eigenvalue weighted by Crippen LogP contribution is 2.19. The number of hydrogen-bond acceptors (Lipinski definition) is 4. The smallest absolute Gasteiger partial charge is 0.0904 e. The van der Waals surface area contributed by atoms with Crippen LogP contribution in [0, 0.1) is 0 Å². The summed E-state index contributed by atoms with van der Waals surface area (Å²) >= 11 is 0. The minimum atomic E-state index is -0.607. The molecule has 0 bridgehead atoms. The average Bonchev–Trinajstić information content (AvgIpc) is 2.71. The van der Waals surface area contributed by atoms with E-state index in [0.717, 1.165) is 45.4 Å². The van der Waals surface area contributed by atoms with Gasteiger partial charge in [0.2, 0.25) is 0 Å². The average molecular weight is 215 g/mol. The molecule has 4 heteroatoms. The fourth-order valence-corrected chi connectivity index (χ4v) is 2.19. The molecule has 0 aromatic carbocycles. The molecule has 0 aliphatic carbocycles. The van der Waals surface area contributed by atoms with Gasteiger partial charge >= 0.3 is 0 Å². The van der Waals surface area contributed by atoms with E-state index in [1.165, 1.54) is 0 Å². The van der Waals surface area contributed by atoms with E-state index in [-0.39, 0.29) is 6.10 Å². The lowest BCUT2D eigenvalue weighted by Gasteiger charge is -2.32. The summed E-state index contributed by atoms with van der Waals surface area (Å²) in [6, 6.07) is 0. The molecule has 2 heterocycles. The summed E-state index contributed by atoms with van der Waals surface area (Å²) in [5.41, 5.74) is -0.607. The predicted octanol–water partition coefficient (Wildman–Crippen LogP) is 0.296. The molecule has 2 aliphatic heterocycles. The first-order chi connectivity index (χ1) is 7.29. The Balaban J connectivity index is 1.63. The summed E-state index contributed by atoms with van der Waals surface area (Å²) in [6.45, 7) is 3.73. The van der Waals surface area contributed by atoms with Gasteiger partial charge in [0, 0.05) is 6.61 Å². The van der Waals surface area contributed by atoms with Gasteiger partial charge in [-0.1, -0.05) is 0 Å². The van der Waals surface area contributed by atoms with Crippen LogP contribution in [-0.4, -0.2) is 49.7 Å². The molecular weight excluding hydrogens is 194 g/mol. The summed E-state index contributed by atoms with van der Waals surface area (Å²) in [5.74, 6) is 0. The SMILES string of the molecule is OC1(COCC2CCCO2)CCNCC1. The predicted molar refractivity (Wildman–Crippen MR) is 56.8 cm³/mol. The summed E-state index contributed by atoms with van der Waals surface area (Å²) in [6.07, 6.45) is 4.08. The lowest BCUT2D eigenvalue weighted by molar-refractivity contribution is -0.0818. The fraction of sp³-hybridized carbons (Fsp3) is 1.00. The van der Waals surface area contributed by atoms with Crippen molar-refractivity contribution in [3.8, 4) is 0 Å². The van der Waals surface area contributed by atoms with Gasteiger partial charge in [-0.05, 0) is 38.8 Å². The van der Waals surface area contributed by atoms with Gasteiger partial charge in [0.25, 0.3) is 0 Å². The van der Waals surface area contributed by atoms with Crippen molar-refractivity contribution < 1.29 is 14.6 Å². The Kier molecular flexibility index (Phi) is 3.97. The first-order valence-electron chi connectivity index (χ1n) is 5.91. The molecule has 15 heavy (non-hydrogen) atoms. The van der Waals surface area contributed by atoms with Gasteiger partial charge in [-0.2, -0.15) is 0 Å². The molecule has 1 unspecified atom stereocenters. The minimum Gasteiger partial charge on any atom is -0.387 e. The van der Waals surface area contributed by atoms with Crippen LogP contribution in [0.1, 0.15) is 25.7 Å². The van der Waals surface area contributed by atoms with Crippen LogP contribution in [-0.2, 0) is 9.47 Å². The molecule has 2 rings (SSSR count). The molecule has 88 valence electrons. The molecule has 0 aromatic rings. The van der Waals surface area contributed by atoms with E-state index in [0.29, 0.717) is 13.2 Å². The summed E-state index contributed by atoms with van der Waals surface area (Å²) < 4.78 is 11.0. The Morgan fingerprint density at radius 1 is 1.40 bits per heavy atom. The third-order valence-electron chi connectivity index (χ3n) is 3.23. The van der Waals surface area contributed by atoms with Crippen LogP contribution in [0.15, 0.2) is 0 Å². The molecule has 4 nitrogen and oxygen atoms in total. The molecule has 2 fully saturated rings. The molecule has 2 aliphatic rings. The lowest BCUT2D eigenvalue weighted by atomic mass is 9.94. The van der Waals surface area contributed by atoms with Crippen LogP contribution in [0.25, 0.3) is 0 Å². The molecular formula is C11H21NO3. The second-order valence-electron chi connectivity index (χ2n) is 4.62. The van der Waals surface area contributed by atoms with Crippen LogP contribution < -0.4 is 5.32 Å². The molecule has 0 saturated carbocycles. The first-order valence-corrected chi connectivity index (χ1v) is 5.91. The second kappa shape index (κ2) is 5.25. The topological polar surface area (TPSA) is 50.7 Å². The van der Waals surface area contributed by atoms with E-state index in [9.17, 15) is 5.11 Å². The van der Waals surface area contributed by atoms with Crippen LogP contribution in [0.2, 0.25) is 0 Å². The van der Waals surface area contributed by atoms with Crippen LogP contribution in [0.3, 0.4) is 0 Å². The molecule has 2 saturated heterocycles. The number of piperidine rings is 1. The Morgan fingerprint density at radius 2 is 2.20 bits per heavy atom. The Labute approximate surface area is 90.9 Å². The van der Waals surface area contributed by atoms with Gasteiger partial charge in [-0.3, -0.25) is 0 Å². The number of nitrogens with one attached hydrogen (secondary N) is 1. The zero-order valence-electron chi connectivity index (χ0n) is 9.21. The maximum Gasteiger partial charge on any atom is 0.0904 e. The third kappa shape index (κ3) is 3.41. The van der Waals surface area contributed by atoms with E-state index < -0.39 is 5.60 Å². The number of rotatable bonds is 4.